The van der Waals surface area contributed by atoms with Crippen molar-refractivity contribution >= 4 is 23.3 Å². The zero-order chi connectivity index (χ0) is 15.8. The first-order valence-corrected chi connectivity index (χ1v) is 6.59. The minimum atomic E-state index is -0.377. The zero-order valence-electron chi connectivity index (χ0n) is 12.0. The fraction of sp³-hybridized carbons (Fsp3) is 0.133. The van der Waals surface area contributed by atoms with Gasteiger partial charge in [-0.15, -0.1) is 0 Å². The third kappa shape index (κ3) is 4.78. The molecule has 0 aliphatic carbocycles. The van der Waals surface area contributed by atoms with E-state index in [1.807, 2.05) is 0 Å². The van der Waals surface area contributed by atoms with Gasteiger partial charge < -0.3 is 5.32 Å². The predicted molar refractivity (Wildman–Crippen MR) is 82.3 cm³/mol. The van der Waals surface area contributed by atoms with Crippen LogP contribution in [0, 0.1) is 0 Å². The number of nitrogens with one attached hydrogen (secondary N) is 2. The standard InChI is InChI=1S/C15H15N5O2/c1-11(9-14(21)18-13-6-2-3-8-17-13)19-20-15(22)12-5-4-7-16-10-12/h2-8,10H,9H2,1H3,(H,20,22)(H,17,18,21)/b19-11-. The summed E-state index contributed by atoms with van der Waals surface area (Å²) in [6, 6.07) is 8.51. The lowest BCUT2D eigenvalue weighted by atomic mass is 10.3. The van der Waals surface area contributed by atoms with Gasteiger partial charge in [-0.3, -0.25) is 14.6 Å². The van der Waals surface area contributed by atoms with Crippen molar-refractivity contribution in [2.45, 2.75) is 13.3 Å². The molecule has 0 fully saturated rings. The number of hydrogen-bond acceptors (Lipinski definition) is 5. The maximum atomic E-state index is 11.8. The maximum absolute atomic E-state index is 11.8. The molecule has 22 heavy (non-hydrogen) atoms. The van der Waals surface area contributed by atoms with Crippen LogP contribution in [0.5, 0.6) is 0 Å². The molecule has 0 aliphatic rings. The average molecular weight is 297 g/mol. The number of nitrogens with zero attached hydrogens (tertiary/aromatic N) is 3. The summed E-state index contributed by atoms with van der Waals surface area (Å²) in [5.74, 6) is -0.159. The lowest BCUT2D eigenvalue weighted by molar-refractivity contribution is -0.115. The molecule has 0 spiro atoms. The number of amides is 2. The second kappa shape index (κ2) is 7.63. The molecular weight excluding hydrogens is 282 g/mol. The summed E-state index contributed by atoms with van der Waals surface area (Å²) in [6.07, 6.45) is 4.66. The second-order valence-corrected chi connectivity index (χ2v) is 4.47. The van der Waals surface area contributed by atoms with E-state index in [4.69, 9.17) is 0 Å². The number of hydrazone groups is 1. The Balaban J connectivity index is 1.85. The average Bonchev–Trinajstić information content (AvgIpc) is 2.54. The van der Waals surface area contributed by atoms with Gasteiger partial charge in [0.2, 0.25) is 5.91 Å². The summed E-state index contributed by atoms with van der Waals surface area (Å²) in [5.41, 5.74) is 3.26. The number of carbonyl (C=O) groups is 2. The van der Waals surface area contributed by atoms with Gasteiger partial charge in [-0.2, -0.15) is 5.10 Å². The van der Waals surface area contributed by atoms with Crippen molar-refractivity contribution < 1.29 is 9.59 Å². The van der Waals surface area contributed by atoms with E-state index in [0.717, 1.165) is 0 Å². The molecule has 2 N–H and O–H groups in total. The summed E-state index contributed by atoms with van der Waals surface area (Å²) < 4.78 is 0. The van der Waals surface area contributed by atoms with Crippen LogP contribution in [0.1, 0.15) is 23.7 Å². The molecule has 2 aromatic rings. The third-order valence-electron chi connectivity index (χ3n) is 2.62. The van der Waals surface area contributed by atoms with Gasteiger partial charge in [-0.25, -0.2) is 10.4 Å². The molecule has 2 amide bonds. The Morgan fingerprint density at radius 1 is 1.18 bits per heavy atom. The van der Waals surface area contributed by atoms with Crippen LogP contribution < -0.4 is 10.7 Å². The van der Waals surface area contributed by atoms with E-state index in [1.54, 1.807) is 49.6 Å². The van der Waals surface area contributed by atoms with E-state index in [9.17, 15) is 9.59 Å². The Morgan fingerprint density at radius 2 is 2.05 bits per heavy atom. The largest absolute Gasteiger partial charge is 0.310 e. The van der Waals surface area contributed by atoms with Crippen LogP contribution in [0.2, 0.25) is 0 Å². The first-order valence-electron chi connectivity index (χ1n) is 6.59. The molecule has 0 atom stereocenters. The highest BCUT2D eigenvalue weighted by molar-refractivity contribution is 6.05. The summed E-state index contributed by atoms with van der Waals surface area (Å²) in [5, 5.41) is 6.53. The van der Waals surface area contributed by atoms with E-state index in [1.165, 1.54) is 6.20 Å². The van der Waals surface area contributed by atoms with Gasteiger partial charge in [-0.05, 0) is 31.2 Å². The number of pyridine rings is 2. The molecule has 0 aromatic carbocycles. The highest BCUT2D eigenvalue weighted by Gasteiger charge is 2.07. The van der Waals surface area contributed by atoms with E-state index in [2.05, 4.69) is 25.8 Å². The second-order valence-electron chi connectivity index (χ2n) is 4.47. The highest BCUT2D eigenvalue weighted by Crippen LogP contribution is 2.01. The maximum Gasteiger partial charge on any atom is 0.272 e. The number of aromatic nitrogens is 2. The normalized spacial score (nSPS) is 10.9. The Hall–Kier alpha value is -3.09. The van der Waals surface area contributed by atoms with Gasteiger partial charge in [0, 0.05) is 24.3 Å². The summed E-state index contributed by atoms with van der Waals surface area (Å²) in [7, 11) is 0. The van der Waals surface area contributed by atoms with Gasteiger partial charge in [0.1, 0.15) is 5.82 Å². The highest BCUT2D eigenvalue weighted by atomic mass is 16.2. The monoisotopic (exact) mass is 297 g/mol. The van der Waals surface area contributed by atoms with Crippen molar-refractivity contribution in [1.82, 2.24) is 15.4 Å². The summed E-state index contributed by atoms with van der Waals surface area (Å²) in [6.45, 7) is 1.65. The van der Waals surface area contributed by atoms with Crippen molar-refractivity contribution in [3.8, 4) is 0 Å². The van der Waals surface area contributed by atoms with E-state index < -0.39 is 0 Å². The summed E-state index contributed by atoms with van der Waals surface area (Å²) in [4.78, 5) is 31.4. The smallest absolute Gasteiger partial charge is 0.272 e. The quantitative estimate of drug-likeness (QED) is 0.647. The van der Waals surface area contributed by atoms with Crippen LogP contribution in [0.4, 0.5) is 5.82 Å². The van der Waals surface area contributed by atoms with Crippen LogP contribution >= 0.6 is 0 Å². The van der Waals surface area contributed by atoms with E-state index in [-0.39, 0.29) is 18.2 Å². The van der Waals surface area contributed by atoms with Crippen molar-refractivity contribution in [3.63, 3.8) is 0 Å². The fourth-order valence-electron chi connectivity index (χ4n) is 1.60. The Bertz CT molecular complexity index is 671. The first kappa shape index (κ1) is 15.3. The van der Waals surface area contributed by atoms with E-state index >= 15 is 0 Å². The van der Waals surface area contributed by atoms with Gasteiger partial charge in [0.25, 0.3) is 5.91 Å². The molecule has 2 aromatic heterocycles. The molecule has 2 rings (SSSR count). The third-order valence-corrected chi connectivity index (χ3v) is 2.62. The van der Waals surface area contributed by atoms with Gasteiger partial charge >= 0.3 is 0 Å². The van der Waals surface area contributed by atoms with Crippen LogP contribution in [-0.4, -0.2) is 27.5 Å². The fourth-order valence-corrected chi connectivity index (χ4v) is 1.60. The number of hydrogen-bond donors (Lipinski definition) is 2. The van der Waals surface area contributed by atoms with Crippen molar-refractivity contribution in [2.24, 2.45) is 5.10 Å². The van der Waals surface area contributed by atoms with Crippen LogP contribution in [-0.2, 0) is 4.79 Å². The van der Waals surface area contributed by atoms with Crippen molar-refractivity contribution in [3.05, 3.63) is 54.5 Å². The molecule has 0 saturated heterocycles. The molecule has 0 bridgehead atoms. The molecular formula is C15H15N5O2. The number of carbonyl (C=O) groups excluding carboxylic acids is 2. The molecule has 7 heteroatoms. The lowest BCUT2D eigenvalue weighted by Crippen LogP contribution is -2.21. The number of anilines is 1. The molecule has 0 unspecified atom stereocenters. The lowest BCUT2D eigenvalue weighted by Gasteiger charge is -2.04. The van der Waals surface area contributed by atoms with Crippen LogP contribution in [0.3, 0.4) is 0 Å². The molecule has 2 heterocycles. The van der Waals surface area contributed by atoms with Gasteiger partial charge in [0.05, 0.1) is 12.0 Å². The van der Waals surface area contributed by atoms with Gasteiger partial charge in [0.15, 0.2) is 0 Å². The zero-order valence-corrected chi connectivity index (χ0v) is 12.0. The first-order chi connectivity index (χ1) is 10.6. The van der Waals surface area contributed by atoms with Crippen molar-refractivity contribution in [2.75, 3.05) is 5.32 Å². The Kier molecular flexibility index (Phi) is 5.31. The minimum Gasteiger partial charge on any atom is -0.310 e. The SMILES string of the molecule is C/C(CC(=O)Nc1ccccn1)=N/NC(=O)c1cccnc1. The molecule has 112 valence electrons. The summed E-state index contributed by atoms with van der Waals surface area (Å²) >= 11 is 0. The molecule has 7 nitrogen and oxygen atoms in total. The molecule has 0 radical (unpaired) electrons. The van der Waals surface area contributed by atoms with Crippen LogP contribution in [0.25, 0.3) is 0 Å². The van der Waals surface area contributed by atoms with E-state index in [0.29, 0.717) is 17.1 Å². The predicted octanol–water partition coefficient (Wildman–Crippen LogP) is 1.61. The Morgan fingerprint density at radius 3 is 2.73 bits per heavy atom. The molecule has 0 aliphatic heterocycles. The number of rotatable bonds is 5. The Labute approximate surface area is 127 Å². The molecule has 0 saturated carbocycles. The van der Waals surface area contributed by atoms with Crippen LogP contribution in [0.15, 0.2) is 54.0 Å². The van der Waals surface area contributed by atoms with Crippen molar-refractivity contribution in [1.29, 1.82) is 0 Å². The topological polar surface area (TPSA) is 96.3 Å². The minimum absolute atomic E-state index is 0.0594. The van der Waals surface area contributed by atoms with Gasteiger partial charge in [-0.1, -0.05) is 6.07 Å².